The first-order valence-electron chi connectivity index (χ1n) is 11.5. The second kappa shape index (κ2) is 14.5. The second-order valence-corrected chi connectivity index (χ2v) is 8.01. The normalized spacial score (nSPS) is 10.8. The highest BCUT2D eigenvalue weighted by Gasteiger charge is 2.23. The number of hydrogen-bond acceptors (Lipinski definition) is 10. The zero-order valence-electron chi connectivity index (χ0n) is 20.4. The van der Waals surface area contributed by atoms with Gasteiger partial charge in [0.1, 0.15) is 12.4 Å². The summed E-state index contributed by atoms with van der Waals surface area (Å²) >= 11 is 0. The Hall–Kier alpha value is -3.92. The Kier molecular flexibility index (Phi) is 11.4. The Bertz CT molecular complexity index is 968. The van der Waals surface area contributed by atoms with Crippen LogP contribution in [0.25, 0.3) is 0 Å². The molecule has 0 aliphatic heterocycles. The summed E-state index contributed by atoms with van der Waals surface area (Å²) in [5.74, 6) is -1.61. The van der Waals surface area contributed by atoms with Crippen molar-refractivity contribution in [2.45, 2.75) is 25.7 Å². The average Bonchev–Trinajstić information content (AvgIpc) is 3.42. The smallest absolute Gasteiger partial charge is 0.358 e. The monoisotopic (exact) mass is 508 g/mol. The molecule has 36 heavy (non-hydrogen) atoms. The minimum atomic E-state index is -0.640. The first kappa shape index (κ1) is 28.3. The largest absolute Gasteiger partial charge is 0.382 e. The van der Waals surface area contributed by atoms with E-state index in [1.807, 2.05) is 0 Å². The number of carbonyl (C=O) groups is 2. The van der Waals surface area contributed by atoms with Gasteiger partial charge in [-0.25, -0.2) is 0 Å². The molecule has 0 spiro atoms. The van der Waals surface area contributed by atoms with E-state index in [1.165, 1.54) is 35.6 Å². The summed E-state index contributed by atoms with van der Waals surface area (Å²) in [5, 5.41) is 33.4. The quantitative estimate of drug-likeness (QED) is 0.126. The van der Waals surface area contributed by atoms with Crippen LogP contribution < -0.4 is 21.3 Å². The van der Waals surface area contributed by atoms with E-state index >= 15 is 0 Å². The summed E-state index contributed by atoms with van der Waals surface area (Å²) in [6.45, 7) is 4.00. The van der Waals surface area contributed by atoms with Crippen LogP contribution in [-0.4, -0.2) is 80.0 Å². The van der Waals surface area contributed by atoms with Crippen molar-refractivity contribution in [3.63, 3.8) is 0 Å². The van der Waals surface area contributed by atoms with Gasteiger partial charge >= 0.3 is 35.1 Å². The molecule has 2 rings (SSSR count). The van der Waals surface area contributed by atoms with Gasteiger partial charge in [0.25, 0.3) is 0 Å². The minimum absolute atomic E-state index is 0.00365. The van der Waals surface area contributed by atoms with Crippen molar-refractivity contribution in [1.29, 1.82) is 0 Å². The van der Waals surface area contributed by atoms with Crippen LogP contribution in [0.2, 0.25) is 0 Å². The summed E-state index contributed by atoms with van der Waals surface area (Å²) in [5.41, 5.74) is 0. The van der Waals surface area contributed by atoms with E-state index in [4.69, 9.17) is 0 Å². The molecular weight excluding hydrogens is 476 g/mol. The summed E-state index contributed by atoms with van der Waals surface area (Å²) in [4.78, 5) is 51.7. The van der Waals surface area contributed by atoms with E-state index in [2.05, 4.69) is 31.2 Å². The predicted octanol–water partition coefficient (Wildman–Crippen LogP) is -0.131. The third kappa shape index (κ3) is 9.03. The fraction of sp³-hybridized carbons (Fsp3) is 0.600. The second-order valence-electron chi connectivity index (χ2n) is 8.01. The Morgan fingerprint density at radius 3 is 1.42 bits per heavy atom. The van der Waals surface area contributed by atoms with Crippen molar-refractivity contribution in [3.05, 3.63) is 44.3 Å². The Balaban J connectivity index is 1.41. The van der Waals surface area contributed by atoms with Crippen LogP contribution in [-0.2, 0) is 14.1 Å². The Morgan fingerprint density at radius 1 is 0.722 bits per heavy atom. The number of carbonyl (C=O) groups excluding carboxylic acids is 2. The third-order valence-corrected chi connectivity index (χ3v) is 5.10. The number of nitrogens with one attached hydrogen (secondary N) is 4. The Morgan fingerprint density at radius 2 is 1.08 bits per heavy atom. The molecule has 0 unspecified atom stereocenters. The summed E-state index contributed by atoms with van der Waals surface area (Å²) < 4.78 is 2.65. The molecule has 0 atom stereocenters. The van der Waals surface area contributed by atoms with Gasteiger partial charge in [-0.3, -0.25) is 9.59 Å². The van der Waals surface area contributed by atoms with Crippen LogP contribution in [0.15, 0.2) is 12.4 Å². The molecule has 0 aromatic carbocycles. The molecule has 2 heterocycles. The molecule has 0 saturated heterocycles. The third-order valence-electron chi connectivity index (χ3n) is 5.10. The van der Waals surface area contributed by atoms with E-state index < -0.39 is 21.7 Å². The van der Waals surface area contributed by atoms with Crippen LogP contribution >= 0.6 is 0 Å². The standard InChI is InChI=1S/C20H32N10O6/c1-27-13-15(29(33)34)25-17(27)19(31)23-11-5-9-21-7-3-4-8-22-10-6-12-24-20(32)18-26-16(30(35)36)14-28(18)2/h13-14,21-22H,3-12H2,1-2H3,(H,23,31)(H,24,32). The molecule has 0 radical (unpaired) electrons. The number of nitro groups is 2. The van der Waals surface area contributed by atoms with E-state index in [-0.39, 0.29) is 23.3 Å². The number of amides is 2. The van der Waals surface area contributed by atoms with Gasteiger partial charge in [-0.2, -0.15) is 0 Å². The van der Waals surface area contributed by atoms with Crippen LogP contribution in [0.4, 0.5) is 11.6 Å². The highest BCUT2D eigenvalue weighted by atomic mass is 16.6. The SMILES string of the molecule is Cn1cc([N+](=O)[O-])nc1C(=O)NCCCNCCCCNCCCNC(=O)c1nc([N+](=O)[O-])cn1C. The lowest BCUT2D eigenvalue weighted by Crippen LogP contribution is -2.30. The maximum Gasteiger partial charge on any atom is 0.382 e. The number of imidazole rings is 2. The lowest BCUT2D eigenvalue weighted by atomic mass is 10.3. The van der Waals surface area contributed by atoms with E-state index in [0.29, 0.717) is 25.9 Å². The zero-order valence-corrected chi connectivity index (χ0v) is 20.4. The van der Waals surface area contributed by atoms with Crippen molar-refractivity contribution < 1.29 is 19.4 Å². The molecule has 0 aliphatic rings. The van der Waals surface area contributed by atoms with Gasteiger partial charge in [0.05, 0.1) is 0 Å². The summed E-state index contributed by atoms with van der Waals surface area (Å²) in [6, 6.07) is 0. The highest BCUT2D eigenvalue weighted by Crippen LogP contribution is 2.10. The predicted molar refractivity (Wildman–Crippen MR) is 129 cm³/mol. The molecule has 16 heteroatoms. The fourth-order valence-electron chi connectivity index (χ4n) is 3.24. The maximum absolute atomic E-state index is 12.0. The first-order chi connectivity index (χ1) is 17.2. The molecule has 2 aromatic rings. The fourth-order valence-corrected chi connectivity index (χ4v) is 3.24. The number of aryl methyl sites for hydroxylation is 2. The topological polar surface area (TPSA) is 204 Å². The van der Waals surface area contributed by atoms with Crippen molar-refractivity contribution in [2.75, 3.05) is 39.3 Å². The van der Waals surface area contributed by atoms with E-state index in [9.17, 15) is 29.8 Å². The van der Waals surface area contributed by atoms with Crippen LogP contribution in [0, 0.1) is 20.2 Å². The molecule has 4 N–H and O–H groups in total. The van der Waals surface area contributed by atoms with Crippen LogP contribution in [0.1, 0.15) is 46.9 Å². The molecule has 16 nitrogen and oxygen atoms in total. The molecule has 198 valence electrons. The lowest BCUT2D eigenvalue weighted by Gasteiger charge is -2.07. The number of nitrogens with zero attached hydrogens (tertiary/aromatic N) is 6. The van der Waals surface area contributed by atoms with Crippen molar-refractivity contribution >= 4 is 23.5 Å². The van der Waals surface area contributed by atoms with E-state index in [0.717, 1.165) is 39.0 Å². The van der Waals surface area contributed by atoms with Crippen molar-refractivity contribution in [1.82, 2.24) is 40.4 Å². The van der Waals surface area contributed by atoms with Gasteiger partial charge < -0.3 is 50.6 Å². The number of rotatable bonds is 17. The van der Waals surface area contributed by atoms with Crippen molar-refractivity contribution in [2.24, 2.45) is 14.1 Å². The molecule has 2 aromatic heterocycles. The van der Waals surface area contributed by atoms with E-state index in [1.54, 1.807) is 0 Å². The highest BCUT2D eigenvalue weighted by molar-refractivity contribution is 5.91. The first-order valence-corrected chi connectivity index (χ1v) is 11.5. The van der Waals surface area contributed by atoms with Gasteiger partial charge in [-0.1, -0.05) is 0 Å². The molecule has 2 amide bonds. The number of aromatic nitrogens is 4. The maximum atomic E-state index is 12.0. The number of unbranched alkanes of at least 4 members (excludes halogenated alkanes) is 1. The van der Waals surface area contributed by atoms with Crippen LogP contribution in [0.3, 0.4) is 0 Å². The molecular formula is C20H32N10O6. The van der Waals surface area contributed by atoms with Gasteiger partial charge in [0.15, 0.2) is 0 Å². The lowest BCUT2D eigenvalue weighted by molar-refractivity contribution is -0.389. The van der Waals surface area contributed by atoms with Gasteiger partial charge in [-0.05, 0) is 71.7 Å². The molecule has 0 fully saturated rings. The minimum Gasteiger partial charge on any atom is -0.358 e. The summed E-state index contributed by atoms with van der Waals surface area (Å²) in [6.07, 6.45) is 5.78. The molecule has 0 bridgehead atoms. The molecule has 0 saturated carbocycles. The number of hydrogen-bond donors (Lipinski definition) is 4. The average molecular weight is 509 g/mol. The van der Waals surface area contributed by atoms with Gasteiger partial charge in [0.2, 0.25) is 0 Å². The Labute approximate surface area is 207 Å². The zero-order chi connectivity index (χ0) is 26.5. The van der Waals surface area contributed by atoms with Crippen LogP contribution in [0.5, 0.6) is 0 Å². The van der Waals surface area contributed by atoms with Gasteiger partial charge in [0, 0.05) is 27.2 Å². The van der Waals surface area contributed by atoms with Gasteiger partial charge in [-0.15, -0.1) is 0 Å². The van der Waals surface area contributed by atoms with Crippen molar-refractivity contribution in [3.8, 4) is 0 Å². The summed E-state index contributed by atoms with van der Waals surface area (Å²) in [7, 11) is 3.06. The molecule has 0 aliphatic carbocycles.